The summed E-state index contributed by atoms with van der Waals surface area (Å²) in [5, 5.41) is 13.9. The fourth-order valence-corrected chi connectivity index (χ4v) is 3.56. The quantitative estimate of drug-likeness (QED) is 0.779. The van der Waals surface area contributed by atoms with Crippen LogP contribution in [0.25, 0.3) is 22.3 Å². The summed E-state index contributed by atoms with van der Waals surface area (Å²) in [4.78, 5) is 16.0. The summed E-state index contributed by atoms with van der Waals surface area (Å²) in [6.45, 7) is 1.84. The topological polar surface area (TPSA) is 102 Å². The van der Waals surface area contributed by atoms with E-state index < -0.39 is 15.8 Å². The van der Waals surface area contributed by atoms with Gasteiger partial charge in [0.1, 0.15) is 0 Å². The van der Waals surface area contributed by atoms with Crippen molar-refractivity contribution in [2.45, 2.75) is 11.8 Å². The van der Waals surface area contributed by atoms with Gasteiger partial charge in [-0.3, -0.25) is 4.68 Å². The van der Waals surface area contributed by atoms with Gasteiger partial charge < -0.3 is 5.11 Å². The average Bonchev–Trinajstić information content (AvgIpc) is 2.83. The molecule has 3 rings (SSSR count). The van der Waals surface area contributed by atoms with Gasteiger partial charge in [0.05, 0.1) is 33.1 Å². The molecule has 0 aliphatic rings. The molecular formula is C16H15N3O4S. The summed E-state index contributed by atoms with van der Waals surface area (Å²) in [6, 6.07) is 7.65. The number of rotatable bonds is 3. The maximum atomic E-state index is 12.0. The predicted octanol–water partition coefficient (Wildman–Crippen LogP) is 2.05. The van der Waals surface area contributed by atoms with E-state index in [1.807, 2.05) is 13.0 Å². The van der Waals surface area contributed by atoms with E-state index in [0.717, 1.165) is 17.6 Å². The Morgan fingerprint density at radius 2 is 1.92 bits per heavy atom. The van der Waals surface area contributed by atoms with Crippen molar-refractivity contribution in [2.75, 3.05) is 6.26 Å². The number of pyridine rings is 1. The molecule has 0 fully saturated rings. The van der Waals surface area contributed by atoms with Gasteiger partial charge in [0, 0.05) is 18.7 Å². The number of carbonyl (C=O) groups is 1. The van der Waals surface area contributed by atoms with Gasteiger partial charge in [0.2, 0.25) is 0 Å². The lowest BCUT2D eigenvalue weighted by molar-refractivity contribution is 0.0698. The van der Waals surface area contributed by atoms with Gasteiger partial charge in [0.25, 0.3) is 0 Å². The van der Waals surface area contributed by atoms with Crippen LogP contribution in [0.3, 0.4) is 0 Å². The first-order chi connectivity index (χ1) is 11.2. The lowest BCUT2D eigenvalue weighted by Crippen LogP contribution is -2.05. The molecule has 3 aromatic rings. The molecule has 124 valence electrons. The Morgan fingerprint density at radius 3 is 2.46 bits per heavy atom. The minimum Gasteiger partial charge on any atom is -0.478 e. The Balaban J connectivity index is 2.38. The van der Waals surface area contributed by atoms with Gasteiger partial charge in [-0.05, 0) is 37.3 Å². The molecule has 0 aliphatic heterocycles. The first kappa shape index (κ1) is 16.1. The van der Waals surface area contributed by atoms with Crippen molar-refractivity contribution >= 4 is 26.7 Å². The van der Waals surface area contributed by atoms with E-state index in [0.29, 0.717) is 11.1 Å². The molecule has 0 saturated heterocycles. The highest BCUT2D eigenvalue weighted by molar-refractivity contribution is 7.91. The van der Waals surface area contributed by atoms with Crippen LogP contribution in [0.4, 0.5) is 0 Å². The Hall–Kier alpha value is -2.74. The Labute approximate surface area is 138 Å². The molecule has 1 N–H and O–H groups in total. The molecule has 0 atom stereocenters. The van der Waals surface area contributed by atoms with Crippen LogP contribution in [0, 0.1) is 6.92 Å². The second-order valence-electron chi connectivity index (χ2n) is 5.58. The highest BCUT2D eigenvalue weighted by Gasteiger charge is 2.19. The van der Waals surface area contributed by atoms with Crippen molar-refractivity contribution in [1.82, 2.24) is 14.8 Å². The average molecular weight is 345 g/mol. The summed E-state index contributed by atoms with van der Waals surface area (Å²) in [6.07, 6.45) is 1.08. The molecule has 0 aliphatic carbocycles. The number of aryl methyl sites for hydroxylation is 2. The number of sulfone groups is 1. The van der Waals surface area contributed by atoms with Crippen molar-refractivity contribution in [3.05, 3.63) is 41.6 Å². The zero-order valence-electron chi connectivity index (χ0n) is 13.3. The molecule has 0 bridgehead atoms. The van der Waals surface area contributed by atoms with Crippen LogP contribution in [-0.4, -0.2) is 40.5 Å². The Morgan fingerprint density at radius 1 is 1.21 bits per heavy atom. The van der Waals surface area contributed by atoms with E-state index in [2.05, 4.69) is 10.1 Å². The smallest absolute Gasteiger partial charge is 0.337 e. The van der Waals surface area contributed by atoms with E-state index in [-0.39, 0.29) is 16.0 Å². The fourth-order valence-electron chi connectivity index (χ4n) is 2.68. The third-order valence-corrected chi connectivity index (χ3v) is 4.87. The second kappa shape index (κ2) is 5.41. The summed E-state index contributed by atoms with van der Waals surface area (Å²) in [7, 11) is -1.74. The molecule has 0 radical (unpaired) electrons. The van der Waals surface area contributed by atoms with Crippen LogP contribution in [0.1, 0.15) is 16.1 Å². The SMILES string of the molecule is Cc1cc(-c2ccc3c(S(C)(=O)=O)ccc(C(=O)O)c3n2)n(C)n1. The normalized spacial score (nSPS) is 11.8. The number of aromatic carboxylic acids is 1. The standard InChI is InChI=1S/C16H15N3O4S/c1-9-8-13(19(2)18-9)12-6-4-10-14(24(3,22)23)7-5-11(16(20)21)15(10)17-12/h4-8H,1-3H3,(H,20,21). The fraction of sp³-hybridized carbons (Fsp3) is 0.188. The van der Waals surface area contributed by atoms with Crippen LogP contribution >= 0.6 is 0 Å². The lowest BCUT2D eigenvalue weighted by atomic mass is 10.1. The van der Waals surface area contributed by atoms with Gasteiger partial charge in [0.15, 0.2) is 9.84 Å². The molecule has 1 aromatic carbocycles. The summed E-state index contributed by atoms with van der Waals surface area (Å²) in [5.41, 5.74) is 2.15. The van der Waals surface area contributed by atoms with Gasteiger partial charge in [-0.15, -0.1) is 0 Å². The monoisotopic (exact) mass is 345 g/mol. The van der Waals surface area contributed by atoms with Crippen molar-refractivity contribution in [3.8, 4) is 11.4 Å². The Kier molecular flexibility index (Phi) is 3.64. The summed E-state index contributed by atoms with van der Waals surface area (Å²) < 4.78 is 25.5. The third-order valence-electron chi connectivity index (χ3n) is 3.71. The molecule has 7 nitrogen and oxygen atoms in total. The van der Waals surface area contributed by atoms with Gasteiger partial charge in [-0.25, -0.2) is 18.2 Å². The number of aromatic nitrogens is 3. The van der Waals surface area contributed by atoms with Gasteiger partial charge >= 0.3 is 5.97 Å². The largest absolute Gasteiger partial charge is 0.478 e. The molecule has 24 heavy (non-hydrogen) atoms. The maximum Gasteiger partial charge on any atom is 0.337 e. The van der Waals surface area contributed by atoms with E-state index in [9.17, 15) is 18.3 Å². The maximum absolute atomic E-state index is 12.0. The number of nitrogens with zero attached hydrogens (tertiary/aromatic N) is 3. The van der Waals surface area contributed by atoms with Gasteiger partial charge in [-0.1, -0.05) is 0 Å². The molecule has 2 heterocycles. The predicted molar refractivity (Wildman–Crippen MR) is 88.8 cm³/mol. The minimum absolute atomic E-state index is 0.0434. The number of carboxylic acid groups (broad SMARTS) is 1. The summed E-state index contributed by atoms with van der Waals surface area (Å²) in [5.74, 6) is -1.16. The molecule has 0 amide bonds. The van der Waals surface area contributed by atoms with Crippen LogP contribution in [0.5, 0.6) is 0 Å². The highest BCUT2D eigenvalue weighted by Crippen LogP contribution is 2.28. The van der Waals surface area contributed by atoms with E-state index in [1.54, 1.807) is 23.9 Å². The van der Waals surface area contributed by atoms with Gasteiger partial charge in [-0.2, -0.15) is 5.10 Å². The second-order valence-corrected chi connectivity index (χ2v) is 7.56. The number of benzene rings is 1. The lowest BCUT2D eigenvalue weighted by Gasteiger charge is -2.09. The number of hydrogen-bond donors (Lipinski definition) is 1. The van der Waals surface area contributed by atoms with Crippen LogP contribution in [-0.2, 0) is 16.9 Å². The molecule has 0 unspecified atom stereocenters. The van der Waals surface area contributed by atoms with Crippen LogP contribution in [0.15, 0.2) is 35.2 Å². The number of fused-ring (bicyclic) bond motifs is 1. The third kappa shape index (κ3) is 2.65. The van der Waals surface area contributed by atoms with Crippen LogP contribution in [0.2, 0.25) is 0 Å². The van der Waals surface area contributed by atoms with E-state index in [1.165, 1.54) is 12.1 Å². The van der Waals surface area contributed by atoms with E-state index >= 15 is 0 Å². The van der Waals surface area contributed by atoms with Crippen molar-refractivity contribution in [2.24, 2.45) is 7.05 Å². The van der Waals surface area contributed by atoms with Crippen molar-refractivity contribution < 1.29 is 18.3 Å². The highest BCUT2D eigenvalue weighted by atomic mass is 32.2. The first-order valence-corrected chi connectivity index (χ1v) is 8.96. The van der Waals surface area contributed by atoms with Crippen molar-refractivity contribution in [3.63, 3.8) is 0 Å². The molecule has 0 saturated carbocycles. The molecule has 0 spiro atoms. The Bertz CT molecular complexity index is 1080. The number of carboxylic acids is 1. The number of hydrogen-bond acceptors (Lipinski definition) is 5. The summed E-state index contributed by atoms with van der Waals surface area (Å²) >= 11 is 0. The van der Waals surface area contributed by atoms with Crippen LogP contribution < -0.4 is 0 Å². The minimum atomic E-state index is -3.50. The zero-order chi connectivity index (χ0) is 17.6. The molecular weight excluding hydrogens is 330 g/mol. The van der Waals surface area contributed by atoms with E-state index in [4.69, 9.17) is 0 Å². The zero-order valence-corrected chi connectivity index (χ0v) is 14.1. The van der Waals surface area contributed by atoms with Crippen molar-refractivity contribution in [1.29, 1.82) is 0 Å². The molecule has 8 heteroatoms. The first-order valence-electron chi connectivity index (χ1n) is 7.06. The molecule has 2 aromatic heterocycles.